The highest BCUT2D eigenvalue weighted by molar-refractivity contribution is 7.31. The largest absolute Gasteiger partial charge is 0.206 e. The Labute approximate surface area is 711 Å². The van der Waals surface area contributed by atoms with Gasteiger partial charge in [0.1, 0.15) is 33.7 Å². The van der Waals surface area contributed by atoms with Crippen LogP contribution >= 0.6 is 137 Å². The molecular weight excluding hydrogens is 1610 g/mol. The normalized spacial score (nSPS) is 12.6. The molecule has 0 saturated heterocycles. The van der Waals surface area contributed by atoms with E-state index in [2.05, 4.69) is 148 Å². The van der Waals surface area contributed by atoms with Crippen LogP contribution in [0.3, 0.4) is 0 Å². The molecule has 0 N–H and O–H groups in total. The van der Waals surface area contributed by atoms with Crippen molar-refractivity contribution in [2.24, 2.45) is 11.8 Å². The fourth-order valence-corrected chi connectivity index (χ4v) is 28.6. The summed E-state index contributed by atoms with van der Waals surface area (Å²) in [6.07, 6.45) is 44.6. The number of unbranched alkanes of at least 4 members (excludes halogenated alkanes) is 24. The van der Waals surface area contributed by atoms with Crippen LogP contribution in [0.15, 0.2) is 132 Å². The third kappa shape index (κ3) is 19.8. The van der Waals surface area contributed by atoms with Crippen LogP contribution in [0.25, 0.3) is 144 Å². The first-order valence-corrected chi connectivity index (χ1v) is 51.6. The maximum atomic E-state index is 17.8. The maximum Gasteiger partial charge on any atom is 0.134 e. The molecule has 15 aromatic rings. The highest BCUT2D eigenvalue weighted by atomic mass is 32.1. The number of aromatic nitrogens is 4. The SMILES string of the molecule is CCCCCCCCCCC(CCCCCCCC)Cc1ccc(-c2cc(F)c(-c3ccc(-c4c5cc(-c6ccc(-c7cccs7)s6)sc5c(-c5ccc(-c6c(F)cc(-c7ccc(CC(CCCCCCCC)CCCCCCCCCC)s7)c7nsnc67)s5)c5cc(-c6ccc(-c7cccs7)s6)sc45)s3)c3nsnc23)s1. The van der Waals surface area contributed by atoms with E-state index in [-0.39, 0.29) is 11.6 Å². The Morgan fingerprint density at radius 1 is 0.277 bits per heavy atom. The molecule has 3 aromatic carbocycles. The second-order valence-electron chi connectivity index (χ2n) is 30.9. The number of hydrogen-bond acceptors (Lipinski definition) is 16. The van der Waals surface area contributed by atoms with Gasteiger partial charge in [0.2, 0.25) is 0 Å². The lowest BCUT2D eigenvalue weighted by atomic mass is 9.91. The van der Waals surface area contributed by atoms with Crippen molar-refractivity contribution in [1.82, 2.24) is 17.5 Å². The summed E-state index contributed by atoms with van der Waals surface area (Å²) in [6.45, 7) is 9.20. The summed E-state index contributed by atoms with van der Waals surface area (Å²) in [6, 6.07) is 43.8. The van der Waals surface area contributed by atoms with Crippen molar-refractivity contribution in [1.29, 1.82) is 0 Å². The zero-order chi connectivity index (χ0) is 76.5. The predicted molar refractivity (Wildman–Crippen MR) is 501 cm³/mol. The number of hydrogen-bond donors (Lipinski definition) is 0. The fourth-order valence-electron chi connectivity index (χ4n) is 16.5. The Morgan fingerprint density at radius 3 is 0.929 bits per heavy atom. The van der Waals surface area contributed by atoms with E-state index >= 15 is 8.78 Å². The van der Waals surface area contributed by atoms with Gasteiger partial charge in [-0.1, -0.05) is 245 Å². The van der Waals surface area contributed by atoms with Gasteiger partial charge >= 0.3 is 0 Å². The lowest BCUT2D eigenvalue weighted by Gasteiger charge is -2.16. The second-order valence-corrected chi connectivity index (χ2v) is 42.6. The first kappa shape index (κ1) is 81.8. The van der Waals surface area contributed by atoms with Gasteiger partial charge in [-0.3, -0.25) is 0 Å². The second kappa shape index (κ2) is 40.7. The number of halogens is 2. The van der Waals surface area contributed by atoms with Crippen LogP contribution in [-0.2, 0) is 12.8 Å². The summed E-state index contributed by atoms with van der Waals surface area (Å²) < 4.78 is 57.7. The van der Waals surface area contributed by atoms with Crippen molar-refractivity contribution in [3.05, 3.63) is 153 Å². The van der Waals surface area contributed by atoms with Gasteiger partial charge in [-0.05, 0) is 145 Å². The van der Waals surface area contributed by atoms with Crippen molar-refractivity contribution in [3.8, 4) is 102 Å². The summed E-state index contributed by atoms with van der Waals surface area (Å²) in [5.41, 5.74) is 7.72. The lowest BCUT2D eigenvalue weighted by Crippen LogP contribution is -2.04. The molecule has 112 heavy (non-hydrogen) atoms. The molecule has 0 aliphatic carbocycles. The van der Waals surface area contributed by atoms with Gasteiger partial charge in [0.15, 0.2) is 0 Å². The highest BCUT2D eigenvalue weighted by Gasteiger charge is 2.30. The summed E-state index contributed by atoms with van der Waals surface area (Å²) in [5, 5.41) is 6.59. The standard InChI is InChI=1S/C94H104F2N4S12/c1-5-9-13-17-21-23-27-31-37-61(35-29-25-19-15-11-7-3)55-63-41-43-71(103-63)65-57-69(95)87(91-89(65)97-111-99-91)81-51-49-79(107-81)85-67-59-83(77-47-45-75(105-77)73-39-33-53-101-73)110-94(67)86(68-60-84(109-93(68)85)78-48-46-76(106-78)74-40-34-54-102-74)80-50-52-82(108-80)88-70(96)58-66(90-92(88)100-112-98-90)72-44-42-64(104-72)56-62(36-30-26-20-16-12-8-4)38-32-28-24-22-18-14-10-6-2/h33-34,39-54,57-62H,5-32,35-38,55-56H2,1-4H3. The average Bonchev–Trinajstić information content (AvgIpc) is 1.55. The van der Waals surface area contributed by atoms with Gasteiger partial charge in [-0.15, -0.1) is 113 Å². The van der Waals surface area contributed by atoms with Gasteiger partial charge in [0.25, 0.3) is 0 Å². The molecule has 12 heterocycles. The van der Waals surface area contributed by atoms with Crippen LogP contribution in [0, 0.1) is 23.5 Å². The summed E-state index contributed by atoms with van der Waals surface area (Å²) in [4.78, 5) is 18.5. The number of rotatable bonds is 46. The van der Waals surface area contributed by atoms with Crippen molar-refractivity contribution < 1.29 is 8.78 Å². The van der Waals surface area contributed by atoms with Crippen LogP contribution in [0.1, 0.15) is 243 Å². The number of thiophene rings is 10. The zero-order valence-electron chi connectivity index (χ0n) is 65.3. The van der Waals surface area contributed by atoms with E-state index < -0.39 is 0 Å². The van der Waals surface area contributed by atoms with Crippen LogP contribution in [0.2, 0.25) is 0 Å². The Morgan fingerprint density at radius 2 is 0.580 bits per heavy atom. The summed E-state index contributed by atoms with van der Waals surface area (Å²) in [7, 11) is 0. The van der Waals surface area contributed by atoms with E-state index in [0.29, 0.717) is 34.0 Å². The fraction of sp³-hybridized carbons (Fsp3) is 0.426. The predicted octanol–water partition coefficient (Wildman–Crippen LogP) is 36.4. The quantitative estimate of drug-likeness (QED) is 0.0357. The van der Waals surface area contributed by atoms with Gasteiger partial charge in [0.05, 0.1) is 34.6 Å². The Kier molecular flexibility index (Phi) is 29.7. The topological polar surface area (TPSA) is 51.6 Å². The Hall–Kier alpha value is -5.32. The third-order valence-corrected chi connectivity index (χ3v) is 35.1. The van der Waals surface area contributed by atoms with Gasteiger partial charge in [-0.2, -0.15) is 17.5 Å². The molecule has 0 bridgehead atoms. The minimum absolute atomic E-state index is 0.276. The van der Waals surface area contributed by atoms with Gasteiger partial charge < -0.3 is 0 Å². The lowest BCUT2D eigenvalue weighted by molar-refractivity contribution is 0.402. The van der Waals surface area contributed by atoms with Gasteiger partial charge in [-0.25, -0.2) is 8.78 Å². The third-order valence-electron chi connectivity index (χ3n) is 22.6. The maximum absolute atomic E-state index is 17.8. The van der Waals surface area contributed by atoms with E-state index in [4.69, 9.17) is 17.5 Å². The smallest absolute Gasteiger partial charge is 0.134 e. The molecule has 4 nitrogen and oxygen atoms in total. The van der Waals surface area contributed by atoms with Gasteiger partial charge in [0, 0.05) is 120 Å². The molecule has 586 valence electrons. The van der Waals surface area contributed by atoms with E-state index in [0.717, 1.165) is 95.6 Å². The highest BCUT2D eigenvalue weighted by Crippen LogP contribution is 2.57. The zero-order valence-corrected chi connectivity index (χ0v) is 75.1. The molecule has 0 radical (unpaired) electrons. The molecule has 12 aromatic heterocycles. The Bertz CT molecular complexity index is 5040. The van der Waals surface area contributed by atoms with Crippen LogP contribution in [0.5, 0.6) is 0 Å². The summed E-state index contributed by atoms with van der Waals surface area (Å²) >= 11 is 20.2. The van der Waals surface area contributed by atoms with E-state index in [9.17, 15) is 0 Å². The molecule has 2 atom stereocenters. The van der Waals surface area contributed by atoms with Crippen molar-refractivity contribution in [3.63, 3.8) is 0 Å². The number of fused-ring (bicyclic) bond motifs is 4. The molecule has 0 aliphatic rings. The molecule has 0 saturated carbocycles. The van der Waals surface area contributed by atoms with Crippen LogP contribution < -0.4 is 0 Å². The monoisotopic (exact) mass is 1710 g/mol. The molecule has 15 rings (SSSR count). The Balaban J connectivity index is 0.768. The molecule has 0 aliphatic heterocycles. The van der Waals surface area contributed by atoms with E-state index in [1.54, 1.807) is 57.5 Å². The summed E-state index contributed by atoms with van der Waals surface area (Å²) in [5.74, 6) is 0.765. The molecular formula is C94H104F2N4S12. The first-order valence-electron chi connectivity index (χ1n) is 41.8. The van der Waals surface area contributed by atoms with E-state index in [1.165, 1.54) is 278 Å². The molecule has 18 heteroatoms. The van der Waals surface area contributed by atoms with Crippen molar-refractivity contribution in [2.45, 2.75) is 246 Å². The minimum atomic E-state index is -0.276. The average molecular weight is 1710 g/mol. The minimum Gasteiger partial charge on any atom is -0.206 e. The van der Waals surface area contributed by atoms with Crippen molar-refractivity contribution in [2.75, 3.05) is 0 Å². The molecule has 0 fully saturated rings. The van der Waals surface area contributed by atoms with Crippen LogP contribution in [-0.4, -0.2) is 17.5 Å². The van der Waals surface area contributed by atoms with Crippen molar-refractivity contribution >= 4 is 179 Å². The van der Waals surface area contributed by atoms with E-state index in [1.807, 2.05) is 68.0 Å². The molecule has 2 unspecified atom stereocenters. The number of benzene rings is 3. The van der Waals surface area contributed by atoms with Crippen LogP contribution in [0.4, 0.5) is 8.78 Å². The number of nitrogens with zero attached hydrogens (tertiary/aromatic N) is 4. The molecule has 0 amide bonds. The first-order chi connectivity index (χ1) is 55.2. The molecule has 0 spiro atoms.